The number of rotatable bonds is 5. The number of aliphatic hydroxyl groups is 1. The van der Waals surface area contributed by atoms with Gasteiger partial charge < -0.3 is 14.7 Å². The van der Waals surface area contributed by atoms with E-state index in [1.807, 2.05) is 59.6 Å². The molecule has 0 bridgehead atoms. The summed E-state index contributed by atoms with van der Waals surface area (Å²) in [5.74, 6) is 1.41. The summed E-state index contributed by atoms with van der Waals surface area (Å²) in [6.45, 7) is 1.12. The second-order valence-corrected chi connectivity index (χ2v) is 8.98. The predicted molar refractivity (Wildman–Crippen MR) is 120 cm³/mol. The number of hydrazone groups is 1. The van der Waals surface area contributed by atoms with Gasteiger partial charge in [-0.3, -0.25) is 9.80 Å². The Labute approximate surface area is 185 Å². The van der Waals surface area contributed by atoms with Gasteiger partial charge in [-0.2, -0.15) is 5.10 Å². The van der Waals surface area contributed by atoms with Crippen LogP contribution in [0.3, 0.4) is 0 Å². The van der Waals surface area contributed by atoms with Crippen molar-refractivity contribution in [1.82, 2.24) is 9.91 Å². The molecule has 1 N–H and O–H groups in total. The Morgan fingerprint density at radius 2 is 1.93 bits per heavy atom. The molecule has 0 radical (unpaired) electrons. The summed E-state index contributed by atoms with van der Waals surface area (Å²) in [4.78, 5) is 14.7. The first-order valence-corrected chi connectivity index (χ1v) is 11.0. The molecule has 2 aliphatic heterocycles. The number of carbonyl (C=O) groups excluding carboxylic acids is 1. The van der Waals surface area contributed by atoms with Crippen LogP contribution in [0.4, 0.5) is 0 Å². The van der Waals surface area contributed by atoms with Crippen molar-refractivity contribution < 1.29 is 14.6 Å². The molecule has 1 amide bonds. The van der Waals surface area contributed by atoms with E-state index in [1.165, 1.54) is 0 Å². The third-order valence-electron chi connectivity index (χ3n) is 5.90. The van der Waals surface area contributed by atoms with Crippen LogP contribution in [0.2, 0.25) is 0 Å². The van der Waals surface area contributed by atoms with E-state index in [0.29, 0.717) is 43.7 Å². The fourth-order valence-electron chi connectivity index (χ4n) is 4.04. The zero-order valence-corrected chi connectivity index (χ0v) is 18.6. The summed E-state index contributed by atoms with van der Waals surface area (Å²) < 4.78 is 6.78. The van der Waals surface area contributed by atoms with Crippen LogP contribution in [-0.2, 0) is 0 Å². The Morgan fingerprint density at radius 1 is 1.20 bits per heavy atom. The Balaban J connectivity index is 1.32. The molecule has 0 saturated carbocycles. The Kier molecular flexibility index (Phi) is 6.11. The lowest BCUT2D eigenvalue weighted by molar-refractivity contribution is -0.0368. The molecule has 0 spiro atoms. The van der Waals surface area contributed by atoms with Crippen LogP contribution >= 0.6 is 15.9 Å². The van der Waals surface area contributed by atoms with Gasteiger partial charge in [0.25, 0.3) is 5.91 Å². The molecule has 4 rings (SSSR count). The quantitative estimate of drug-likeness (QED) is 0.706. The summed E-state index contributed by atoms with van der Waals surface area (Å²) in [6, 6.07) is 15.1. The maximum atomic E-state index is 12.9. The first-order valence-electron chi connectivity index (χ1n) is 10.2. The van der Waals surface area contributed by atoms with Gasteiger partial charge in [0.2, 0.25) is 0 Å². The molecule has 1 atom stereocenters. The molecule has 2 heterocycles. The van der Waals surface area contributed by atoms with E-state index >= 15 is 0 Å². The van der Waals surface area contributed by atoms with E-state index in [2.05, 4.69) is 21.0 Å². The molecule has 2 aromatic rings. The first-order chi connectivity index (χ1) is 14.4. The minimum Gasteiger partial charge on any atom is -0.457 e. The molecule has 1 unspecified atom stereocenters. The molecule has 7 heteroatoms. The molecular formula is C23H26BrN3O3. The SMILES string of the molecule is CN1N=CCC1CC1(O)CCN(C(=O)c2ccc(Oc3cccc(Br)c3)cc2)CC1. The number of ether oxygens (including phenoxy) is 1. The predicted octanol–water partition coefficient (Wildman–Crippen LogP) is 4.29. The molecule has 6 nitrogen and oxygen atoms in total. The summed E-state index contributed by atoms with van der Waals surface area (Å²) in [7, 11) is 1.94. The van der Waals surface area contributed by atoms with Gasteiger partial charge in [-0.1, -0.05) is 22.0 Å². The average molecular weight is 472 g/mol. The van der Waals surface area contributed by atoms with Crippen molar-refractivity contribution in [2.24, 2.45) is 5.10 Å². The van der Waals surface area contributed by atoms with Crippen molar-refractivity contribution in [2.45, 2.75) is 37.3 Å². The van der Waals surface area contributed by atoms with Crippen molar-refractivity contribution >= 4 is 28.1 Å². The number of likely N-dealkylation sites (tertiary alicyclic amines) is 1. The molecule has 0 aromatic heterocycles. The maximum Gasteiger partial charge on any atom is 0.253 e. The average Bonchev–Trinajstić information content (AvgIpc) is 3.12. The van der Waals surface area contributed by atoms with Crippen LogP contribution in [0, 0.1) is 0 Å². The summed E-state index contributed by atoms with van der Waals surface area (Å²) in [5, 5.41) is 17.2. The van der Waals surface area contributed by atoms with Crippen LogP contribution in [0.25, 0.3) is 0 Å². The fourth-order valence-corrected chi connectivity index (χ4v) is 4.42. The number of amides is 1. The fraction of sp³-hybridized carbons (Fsp3) is 0.391. The van der Waals surface area contributed by atoms with E-state index in [4.69, 9.17) is 4.74 Å². The van der Waals surface area contributed by atoms with Gasteiger partial charge in [0.05, 0.1) is 11.6 Å². The molecule has 1 fully saturated rings. The van der Waals surface area contributed by atoms with E-state index in [-0.39, 0.29) is 11.9 Å². The van der Waals surface area contributed by atoms with Gasteiger partial charge in [0.1, 0.15) is 11.5 Å². The van der Waals surface area contributed by atoms with Gasteiger partial charge in [-0.25, -0.2) is 0 Å². The van der Waals surface area contributed by atoms with E-state index < -0.39 is 5.60 Å². The van der Waals surface area contributed by atoms with Gasteiger partial charge >= 0.3 is 0 Å². The number of hydrogen-bond acceptors (Lipinski definition) is 5. The number of nitrogens with zero attached hydrogens (tertiary/aromatic N) is 3. The third kappa shape index (κ3) is 4.84. The van der Waals surface area contributed by atoms with Gasteiger partial charge in [-0.05, 0) is 61.7 Å². The molecule has 30 heavy (non-hydrogen) atoms. The second-order valence-electron chi connectivity index (χ2n) is 8.07. The highest BCUT2D eigenvalue weighted by Gasteiger charge is 2.37. The topological polar surface area (TPSA) is 65.4 Å². The standard InChI is InChI=1S/C23H26BrN3O3/c1-26-19(9-12-25-26)16-23(29)10-13-27(14-11-23)22(28)17-5-7-20(8-6-17)30-21-4-2-3-18(24)15-21/h2-8,12,15,19,29H,9-11,13-14,16H2,1H3. The van der Waals surface area contributed by atoms with E-state index in [1.54, 1.807) is 12.1 Å². The van der Waals surface area contributed by atoms with Crippen LogP contribution in [0.5, 0.6) is 11.5 Å². The lowest BCUT2D eigenvalue weighted by atomic mass is 9.84. The number of halogens is 1. The normalized spacial score (nSPS) is 20.4. The number of benzene rings is 2. The van der Waals surface area contributed by atoms with Crippen molar-refractivity contribution in [1.29, 1.82) is 0 Å². The number of piperidine rings is 1. The van der Waals surface area contributed by atoms with E-state index in [9.17, 15) is 9.90 Å². The van der Waals surface area contributed by atoms with Crippen LogP contribution in [-0.4, -0.2) is 58.9 Å². The van der Waals surface area contributed by atoms with Crippen molar-refractivity contribution in [2.75, 3.05) is 20.1 Å². The summed E-state index contributed by atoms with van der Waals surface area (Å²) >= 11 is 3.43. The van der Waals surface area contributed by atoms with Gasteiger partial charge in [0, 0.05) is 42.8 Å². The first kappa shape index (κ1) is 20.9. The van der Waals surface area contributed by atoms with Gasteiger partial charge in [-0.15, -0.1) is 0 Å². The maximum absolute atomic E-state index is 12.9. The smallest absolute Gasteiger partial charge is 0.253 e. The zero-order chi connectivity index (χ0) is 21.1. The highest BCUT2D eigenvalue weighted by atomic mass is 79.9. The largest absolute Gasteiger partial charge is 0.457 e. The summed E-state index contributed by atoms with van der Waals surface area (Å²) in [6.07, 6.45) is 4.64. The van der Waals surface area contributed by atoms with Crippen LogP contribution < -0.4 is 4.74 Å². The molecular weight excluding hydrogens is 446 g/mol. The van der Waals surface area contributed by atoms with Crippen LogP contribution in [0.1, 0.15) is 36.0 Å². The Morgan fingerprint density at radius 3 is 2.57 bits per heavy atom. The minimum absolute atomic E-state index is 0.00706. The van der Waals surface area contributed by atoms with Gasteiger partial charge in [0.15, 0.2) is 0 Å². The third-order valence-corrected chi connectivity index (χ3v) is 6.39. The Bertz CT molecular complexity index is 924. The second kappa shape index (κ2) is 8.78. The molecule has 0 aliphatic carbocycles. The minimum atomic E-state index is -0.731. The zero-order valence-electron chi connectivity index (χ0n) is 17.0. The molecule has 2 aromatic carbocycles. The highest BCUT2D eigenvalue weighted by molar-refractivity contribution is 9.10. The lowest BCUT2D eigenvalue weighted by Crippen LogP contribution is -2.49. The summed E-state index contributed by atoms with van der Waals surface area (Å²) in [5.41, 5.74) is -0.101. The molecule has 1 saturated heterocycles. The molecule has 2 aliphatic rings. The van der Waals surface area contributed by atoms with Crippen molar-refractivity contribution in [3.8, 4) is 11.5 Å². The van der Waals surface area contributed by atoms with Crippen molar-refractivity contribution in [3.63, 3.8) is 0 Å². The monoisotopic (exact) mass is 471 g/mol. The van der Waals surface area contributed by atoms with Crippen molar-refractivity contribution in [3.05, 3.63) is 58.6 Å². The number of hydrogen-bond donors (Lipinski definition) is 1. The molecule has 158 valence electrons. The Hall–Kier alpha value is -2.38. The van der Waals surface area contributed by atoms with E-state index in [0.717, 1.165) is 16.6 Å². The lowest BCUT2D eigenvalue weighted by Gasteiger charge is -2.40. The van der Waals surface area contributed by atoms with Crippen LogP contribution in [0.15, 0.2) is 58.1 Å². The highest BCUT2D eigenvalue weighted by Crippen LogP contribution is 2.31. The number of carbonyl (C=O) groups is 1.